The lowest BCUT2D eigenvalue weighted by molar-refractivity contribution is -0.119. The van der Waals surface area contributed by atoms with E-state index in [1.807, 2.05) is 0 Å². The number of rotatable bonds is 6. The summed E-state index contributed by atoms with van der Waals surface area (Å²) >= 11 is 1.20. The lowest BCUT2D eigenvalue weighted by Crippen LogP contribution is -2.24. The number of nitrogens with one attached hydrogen (secondary N) is 1. The van der Waals surface area contributed by atoms with Gasteiger partial charge in [-0.3, -0.25) is 24.1 Å². The van der Waals surface area contributed by atoms with Gasteiger partial charge in [-0.2, -0.15) is 0 Å². The van der Waals surface area contributed by atoms with Gasteiger partial charge in [-0.25, -0.2) is 4.79 Å². The molecule has 2 aromatic rings. The van der Waals surface area contributed by atoms with Gasteiger partial charge in [0.15, 0.2) is 6.61 Å². The molecule has 8 nitrogen and oxygen atoms in total. The van der Waals surface area contributed by atoms with Crippen LogP contribution in [0, 0.1) is 0 Å². The lowest BCUT2D eigenvalue weighted by Gasteiger charge is -2.04. The summed E-state index contributed by atoms with van der Waals surface area (Å²) in [6, 6.07) is 7.39. The maximum Gasteiger partial charge on any atom is 0.338 e. The summed E-state index contributed by atoms with van der Waals surface area (Å²) in [6.07, 6.45) is 0. The minimum atomic E-state index is -0.763. The van der Waals surface area contributed by atoms with Crippen LogP contribution in [0.5, 0.6) is 0 Å². The first-order valence-corrected chi connectivity index (χ1v) is 9.09. The Kier molecular flexibility index (Phi) is 5.36. The smallest absolute Gasteiger partial charge is 0.338 e. The van der Waals surface area contributed by atoms with Gasteiger partial charge in [0, 0.05) is 18.8 Å². The van der Waals surface area contributed by atoms with E-state index >= 15 is 0 Å². The fourth-order valence-corrected chi connectivity index (χ4v) is 3.48. The van der Waals surface area contributed by atoms with Crippen molar-refractivity contribution in [1.82, 2.24) is 10.2 Å². The maximum absolute atomic E-state index is 12.2. The van der Waals surface area contributed by atoms with Gasteiger partial charge in [0.05, 0.1) is 28.1 Å². The number of benzene rings is 1. The Morgan fingerprint density at radius 2 is 1.79 bits per heavy atom. The summed E-state index contributed by atoms with van der Waals surface area (Å²) < 4.78 is 5.04. The minimum Gasteiger partial charge on any atom is -0.454 e. The van der Waals surface area contributed by atoms with Crippen LogP contribution in [0.1, 0.15) is 52.5 Å². The van der Waals surface area contributed by atoms with Crippen molar-refractivity contribution in [1.29, 1.82) is 0 Å². The van der Waals surface area contributed by atoms with E-state index in [-0.39, 0.29) is 28.4 Å². The average molecular weight is 400 g/mol. The molecule has 2 heterocycles. The number of amides is 3. The van der Waals surface area contributed by atoms with Crippen LogP contribution < -0.4 is 5.32 Å². The van der Waals surface area contributed by atoms with Gasteiger partial charge >= 0.3 is 5.97 Å². The molecule has 3 rings (SSSR count). The Morgan fingerprint density at radius 1 is 1.07 bits per heavy atom. The van der Waals surface area contributed by atoms with E-state index in [2.05, 4.69) is 5.32 Å². The number of hydrogen-bond acceptors (Lipinski definition) is 7. The van der Waals surface area contributed by atoms with Gasteiger partial charge in [0.1, 0.15) is 0 Å². The van der Waals surface area contributed by atoms with Crippen molar-refractivity contribution in [2.45, 2.75) is 13.5 Å². The Hall–Kier alpha value is -3.33. The third-order valence-electron chi connectivity index (χ3n) is 4.11. The molecule has 1 aromatic heterocycles. The van der Waals surface area contributed by atoms with Crippen molar-refractivity contribution in [2.75, 3.05) is 13.7 Å². The third kappa shape index (κ3) is 3.84. The van der Waals surface area contributed by atoms with Gasteiger partial charge in [0.2, 0.25) is 11.7 Å². The standard InChI is InChI=1S/C19H16N2O6S/c1-10(22)20-8-12-4-6-16(28-12)15(23)9-27-19(26)11-3-5-13-14(7-11)18(25)21(2)17(13)24/h3-7H,8-9H2,1-2H3,(H,20,22). The highest BCUT2D eigenvalue weighted by Gasteiger charge is 2.33. The zero-order chi connectivity index (χ0) is 20.4. The van der Waals surface area contributed by atoms with E-state index in [1.54, 1.807) is 12.1 Å². The van der Waals surface area contributed by atoms with Crippen LogP contribution in [0.4, 0.5) is 0 Å². The highest BCUT2D eigenvalue weighted by atomic mass is 32.1. The van der Waals surface area contributed by atoms with Crippen LogP contribution >= 0.6 is 11.3 Å². The molecule has 0 saturated carbocycles. The molecule has 0 spiro atoms. The number of Topliss-reactive ketones (excluding diaryl/α,β-unsaturated/α-hetero) is 1. The monoisotopic (exact) mass is 400 g/mol. The third-order valence-corrected chi connectivity index (χ3v) is 5.23. The summed E-state index contributed by atoms with van der Waals surface area (Å²) in [5.41, 5.74) is 0.445. The SMILES string of the molecule is CC(=O)NCc1ccc(C(=O)COC(=O)c2ccc3c(c2)C(=O)N(C)C3=O)s1. The largest absolute Gasteiger partial charge is 0.454 e. The van der Waals surface area contributed by atoms with Gasteiger partial charge in [0.25, 0.3) is 11.8 Å². The van der Waals surface area contributed by atoms with Gasteiger partial charge in [-0.05, 0) is 30.3 Å². The van der Waals surface area contributed by atoms with Crippen molar-refractivity contribution in [3.05, 3.63) is 56.8 Å². The number of fused-ring (bicyclic) bond motifs is 1. The molecule has 144 valence electrons. The zero-order valence-electron chi connectivity index (χ0n) is 15.1. The molecule has 1 aliphatic heterocycles. The lowest BCUT2D eigenvalue weighted by atomic mass is 10.1. The predicted molar refractivity (Wildman–Crippen MR) is 99.3 cm³/mol. The number of hydrogen-bond donors (Lipinski definition) is 1. The summed E-state index contributed by atoms with van der Waals surface area (Å²) in [7, 11) is 1.36. The normalized spacial score (nSPS) is 12.7. The fraction of sp³-hybridized carbons (Fsp3) is 0.211. The molecule has 0 aliphatic carbocycles. The molecule has 0 atom stereocenters. The second-order valence-electron chi connectivity index (χ2n) is 6.10. The molecule has 0 saturated heterocycles. The summed E-state index contributed by atoms with van der Waals surface area (Å²) in [4.78, 5) is 61.4. The Bertz CT molecular complexity index is 1010. The maximum atomic E-state index is 12.2. The number of thiophene rings is 1. The first kappa shape index (κ1) is 19.4. The quantitative estimate of drug-likeness (QED) is 0.449. The Labute approximate surface area is 164 Å². The summed E-state index contributed by atoms with van der Waals surface area (Å²) in [5.74, 6) is -2.23. The van der Waals surface area contributed by atoms with Crippen molar-refractivity contribution >= 4 is 40.8 Å². The number of ether oxygens (including phenoxy) is 1. The van der Waals surface area contributed by atoms with E-state index in [0.29, 0.717) is 11.4 Å². The summed E-state index contributed by atoms with van der Waals surface area (Å²) in [6.45, 7) is 1.27. The van der Waals surface area contributed by atoms with E-state index in [0.717, 1.165) is 9.78 Å². The fourth-order valence-electron chi connectivity index (χ4n) is 2.61. The molecule has 1 N–H and O–H groups in total. The molecule has 0 bridgehead atoms. The molecule has 0 unspecified atom stereocenters. The van der Waals surface area contributed by atoms with Crippen LogP contribution in [0.25, 0.3) is 0 Å². The molecule has 3 amide bonds. The Morgan fingerprint density at radius 3 is 2.50 bits per heavy atom. The van der Waals surface area contributed by atoms with E-state index in [4.69, 9.17) is 4.74 Å². The molecule has 1 aliphatic rings. The van der Waals surface area contributed by atoms with Gasteiger partial charge in [-0.1, -0.05) is 0 Å². The number of imide groups is 1. The van der Waals surface area contributed by atoms with Crippen molar-refractivity contribution in [3.63, 3.8) is 0 Å². The predicted octanol–water partition coefficient (Wildman–Crippen LogP) is 1.65. The molecule has 0 fully saturated rings. The highest BCUT2D eigenvalue weighted by Crippen LogP contribution is 2.23. The highest BCUT2D eigenvalue weighted by molar-refractivity contribution is 7.14. The number of esters is 1. The topological polar surface area (TPSA) is 110 Å². The number of carbonyl (C=O) groups excluding carboxylic acids is 5. The van der Waals surface area contributed by atoms with E-state index < -0.39 is 24.4 Å². The zero-order valence-corrected chi connectivity index (χ0v) is 15.9. The molecule has 9 heteroatoms. The van der Waals surface area contributed by atoms with Crippen LogP contribution in [-0.2, 0) is 16.1 Å². The first-order chi connectivity index (χ1) is 13.3. The summed E-state index contributed by atoms with van der Waals surface area (Å²) in [5, 5.41) is 2.64. The average Bonchev–Trinajstić information content (AvgIpc) is 3.24. The van der Waals surface area contributed by atoms with Crippen LogP contribution in [0.2, 0.25) is 0 Å². The van der Waals surface area contributed by atoms with E-state index in [1.165, 1.54) is 43.5 Å². The number of ketones is 1. The van der Waals surface area contributed by atoms with Crippen molar-refractivity contribution < 1.29 is 28.7 Å². The molecule has 1 aromatic carbocycles. The second kappa shape index (κ2) is 7.73. The van der Waals surface area contributed by atoms with Crippen molar-refractivity contribution in [2.24, 2.45) is 0 Å². The van der Waals surface area contributed by atoms with Crippen LogP contribution in [-0.4, -0.2) is 48.0 Å². The van der Waals surface area contributed by atoms with Crippen LogP contribution in [0.15, 0.2) is 30.3 Å². The number of carbonyl (C=O) groups is 5. The van der Waals surface area contributed by atoms with Gasteiger partial charge < -0.3 is 10.1 Å². The molecule has 0 radical (unpaired) electrons. The molecule has 28 heavy (non-hydrogen) atoms. The van der Waals surface area contributed by atoms with Gasteiger partial charge in [-0.15, -0.1) is 11.3 Å². The Balaban J connectivity index is 1.62. The minimum absolute atomic E-state index is 0.0838. The number of nitrogens with zero attached hydrogens (tertiary/aromatic N) is 1. The molecular formula is C19H16N2O6S. The van der Waals surface area contributed by atoms with Crippen LogP contribution in [0.3, 0.4) is 0 Å². The molecular weight excluding hydrogens is 384 g/mol. The first-order valence-electron chi connectivity index (χ1n) is 8.28. The van der Waals surface area contributed by atoms with Crippen molar-refractivity contribution in [3.8, 4) is 0 Å². The van der Waals surface area contributed by atoms with E-state index in [9.17, 15) is 24.0 Å². The second-order valence-corrected chi connectivity index (χ2v) is 7.27.